The molecule has 0 amide bonds. The SMILES string of the molecule is Cc1cc(CN2C[C@H](O)C[C@@H]2c2ccc(F)c(F)c2)no1. The molecule has 1 aliphatic heterocycles. The number of β-amino-alcohol motifs (C(OH)–C–C–N with tert-alkyl or cyclic N) is 1. The molecule has 2 aromatic rings. The average Bonchev–Trinajstić information content (AvgIpc) is 3.00. The zero-order chi connectivity index (χ0) is 15.0. The molecule has 0 radical (unpaired) electrons. The van der Waals surface area contributed by atoms with E-state index in [0.717, 1.165) is 11.8 Å². The van der Waals surface area contributed by atoms with Crippen molar-refractivity contribution in [1.29, 1.82) is 0 Å². The van der Waals surface area contributed by atoms with Crippen LogP contribution in [0.3, 0.4) is 0 Å². The monoisotopic (exact) mass is 294 g/mol. The second kappa shape index (κ2) is 5.54. The fourth-order valence-corrected chi connectivity index (χ4v) is 2.82. The van der Waals surface area contributed by atoms with Crippen molar-refractivity contribution in [2.45, 2.75) is 32.0 Å². The summed E-state index contributed by atoms with van der Waals surface area (Å²) in [5.41, 5.74) is 1.42. The van der Waals surface area contributed by atoms with E-state index in [2.05, 4.69) is 5.16 Å². The Morgan fingerprint density at radius 2 is 2.14 bits per heavy atom. The Balaban J connectivity index is 1.83. The van der Waals surface area contributed by atoms with E-state index in [1.165, 1.54) is 6.07 Å². The van der Waals surface area contributed by atoms with Gasteiger partial charge in [0, 0.05) is 25.2 Å². The summed E-state index contributed by atoms with van der Waals surface area (Å²) < 4.78 is 31.5. The molecule has 2 heterocycles. The highest BCUT2D eigenvalue weighted by molar-refractivity contribution is 5.23. The summed E-state index contributed by atoms with van der Waals surface area (Å²) >= 11 is 0. The highest BCUT2D eigenvalue weighted by Gasteiger charge is 2.32. The van der Waals surface area contributed by atoms with Crippen molar-refractivity contribution in [2.24, 2.45) is 0 Å². The van der Waals surface area contributed by atoms with Crippen molar-refractivity contribution in [3.05, 3.63) is 52.9 Å². The summed E-state index contributed by atoms with van der Waals surface area (Å²) in [6, 6.07) is 5.54. The summed E-state index contributed by atoms with van der Waals surface area (Å²) in [6.45, 7) is 2.77. The van der Waals surface area contributed by atoms with Gasteiger partial charge in [0.1, 0.15) is 5.76 Å². The minimum absolute atomic E-state index is 0.160. The second-order valence-corrected chi connectivity index (χ2v) is 5.44. The van der Waals surface area contributed by atoms with Gasteiger partial charge in [0.05, 0.1) is 11.8 Å². The highest BCUT2D eigenvalue weighted by atomic mass is 19.2. The number of likely N-dealkylation sites (tertiary alicyclic amines) is 1. The van der Waals surface area contributed by atoms with Gasteiger partial charge in [-0.1, -0.05) is 11.2 Å². The summed E-state index contributed by atoms with van der Waals surface area (Å²) in [7, 11) is 0. The summed E-state index contributed by atoms with van der Waals surface area (Å²) in [4.78, 5) is 1.99. The molecule has 3 rings (SSSR count). The van der Waals surface area contributed by atoms with Crippen molar-refractivity contribution in [1.82, 2.24) is 10.1 Å². The molecule has 0 saturated carbocycles. The van der Waals surface area contributed by atoms with Gasteiger partial charge in [0.2, 0.25) is 0 Å². The third kappa shape index (κ3) is 2.96. The lowest BCUT2D eigenvalue weighted by Crippen LogP contribution is -2.24. The van der Waals surface area contributed by atoms with Crippen LogP contribution in [0.1, 0.15) is 29.5 Å². The van der Waals surface area contributed by atoms with Crippen molar-refractivity contribution < 1.29 is 18.4 Å². The van der Waals surface area contributed by atoms with Crippen LogP contribution >= 0.6 is 0 Å². The minimum atomic E-state index is -0.869. The fraction of sp³-hybridized carbons (Fsp3) is 0.400. The van der Waals surface area contributed by atoms with Crippen molar-refractivity contribution >= 4 is 0 Å². The van der Waals surface area contributed by atoms with Crippen molar-refractivity contribution in [3.63, 3.8) is 0 Å². The fourth-order valence-electron chi connectivity index (χ4n) is 2.82. The van der Waals surface area contributed by atoms with Crippen LogP contribution in [0.2, 0.25) is 0 Å². The lowest BCUT2D eigenvalue weighted by atomic mass is 10.0. The molecule has 6 heteroatoms. The Bertz CT molecular complexity index is 644. The molecule has 0 spiro atoms. The molecule has 0 aliphatic carbocycles. The number of aliphatic hydroxyl groups is 1. The van der Waals surface area contributed by atoms with Gasteiger partial charge in [-0.05, 0) is 31.0 Å². The van der Waals surface area contributed by atoms with Crippen molar-refractivity contribution in [3.8, 4) is 0 Å². The zero-order valence-electron chi connectivity index (χ0n) is 11.6. The number of aromatic nitrogens is 1. The number of aliphatic hydroxyl groups excluding tert-OH is 1. The lowest BCUT2D eigenvalue weighted by molar-refractivity contribution is 0.171. The van der Waals surface area contributed by atoms with Crippen LogP contribution < -0.4 is 0 Å². The Morgan fingerprint density at radius 1 is 1.33 bits per heavy atom. The third-order valence-electron chi connectivity index (χ3n) is 3.75. The molecular weight excluding hydrogens is 278 g/mol. The first kappa shape index (κ1) is 14.2. The molecule has 1 aromatic heterocycles. The van der Waals surface area contributed by atoms with Crippen molar-refractivity contribution in [2.75, 3.05) is 6.54 Å². The number of halogens is 2. The second-order valence-electron chi connectivity index (χ2n) is 5.44. The first-order chi connectivity index (χ1) is 10.0. The normalized spacial score (nSPS) is 22.9. The predicted molar refractivity (Wildman–Crippen MR) is 71.4 cm³/mol. The summed E-state index contributed by atoms with van der Waals surface area (Å²) in [5.74, 6) is -1.02. The quantitative estimate of drug-likeness (QED) is 0.945. The Hall–Kier alpha value is -1.79. The molecule has 1 aliphatic rings. The van der Waals surface area contributed by atoms with E-state index in [1.54, 1.807) is 6.07 Å². The van der Waals surface area contributed by atoms with Crippen LogP contribution in [0.25, 0.3) is 0 Å². The number of rotatable bonds is 3. The lowest BCUT2D eigenvalue weighted by Gasteiger charge is -2.23. The van der Waals surface area contributed by atoms with E-state index in [1.807, 2.05) is 17.9 Å². The van der Waals surface area contributed by atoms with E-state index in [0.29, 0.717) is 30.8 Å². The topological polar surface area (TPSA) is 49.5 Å². The maximum Gasteiger partial charge on any atom is 0.159 e. The standard InChI is InChI=1S/C15H16F2N2O2/c1-9-4-11(18-21-9)7-19-8-12(20)6-15(19)10-2-3-13(16)14(17)5-10/h2-5,12,15,20H,6-8H2,1H3/t12-,15-/m1/s1. The first-order valence-corrected chi connectivity index (χ1v) is 6.82. The largest absolute Gasteiger partial charge is 0.392 e. The molecule has 2 atom stereocenters. The number of nitrogens with zero attached hydrogens (tertiary/aromatic N) is 2. The van der Waals surface area contributed by atoms with Crippen LogP contribution in [-0.2, 0) is 6.54 Å². The molecule has 1 saturated heterocycles. The Labute approximate surface area is 121 Å². The van der Waals surface area contributed by atoms with Gasteiger partial charge >= 0.3 is 0 Å². The van der Waals surface area contributed by atoms with E-state index >= 15 is 0 Å². The van der Waals surface area contributed by atoms with Crippen LogP contribution in [0.5, 0.6) is 0 Å². The van der Waals surface area contributed by atoms with Gasteiger partial charge in [0.15, 0.2) is 11.6 Å². The molecular formula is C15H16F2N2O2. The molecule has 1 N–H and O–H groups in total. The van der Waals surface area contributed by atoms with E-state index < -0.39 is 17.7 Å². The molecule has 0 bridgehead atoms. The number of hydrogen-bond acceptors (Lipinski definition) is 4. The van der Waals surface area contributed by atoms with E-state index in [9.17, 15) is 13.9 Å². The van der Waals surface area contributed by atoms with E-state index in [4.69, 9.17) is 4.52 Å². The molecule has 4 nitrogen and oxygen atoms in total. The minimum Gasteiger partial charge on any atom is -0.392 e. The zero-order valence-corrected chi connectivity index (χ0v) is 11.6. The first-order valence-electron chi connectivity index (χ1n) is 6.82. The predicted octanol–water partition coefficient (Wildman–Crippen LogP) is 2.57. The van der Waals surface area contributed by atoms with Crippen LogP contribution in [0.15, 0.2) is 28.8 Å². The maximum atomic E-state index is 13.4. The molecule has 21 heavy (non-hydrogen) atoms. The number of hydrogen-bond donors (Lipinski definition) is 1. The summed E-state index contributed by atoms with van der Waals surface area (Å²) in [5, 5.41) is 13.8. The van der Waals surface area contributed by atoms with Gasteiger partial charge in [-0.3, -0.25) is 4.90 Å². The molecule has 1 aromatic carbocycles. The summed E-state index contributed by atoms with van der Waals surface area (Å²) in [6.07, 6.45) is -0.00171. The van der Waals surface area contributed by atoms with Gasteiger partial charge < -0.3 is 9.63 Å². The smallest absolute Gasteiger partial charge is 0.159 e. The highest BCUT2D eigenvalue weighted by Crippen LogP contribution is 2.33. The van der Waals surface area contributed by atoms with Crippen LogP contribution in [0.4, 0.5) is 8.78 Å². The van der Waals surface area contributed by atoms with E-state index in [-0.39, 0.29) is 6.04 Å². The Morgan fingerprint density at radius 3 is 2.81 bits per heavy atom. The third-order valence-corrected chi connectivity index (χ3v) is 3.75. The number of aryl methyl sites for hydroxylation is 1. The maximum absolute atomic E-state index is 13.4. The average molecular weight is 294 g/mol. The number of benzene rings is 1. The van der Waals surface area contributed by atoms with Gasteiger partial charge in [-0.2, -0.15) is 0 Å². The van der Waals surface area contributed by atoms with Crippen LogP contribution in [-0.4, -0.2) is 27.8 Å². The van der Waals surface area contributed by atoms with Gasteiger partial charge in [-0.15, -0.1) is 0 Å². The molecule has 0 unspecified atom stereocenters. The molecule has 112 valence electrons. The van der Waals surface area contributed by atoms with Gasteiger partial charge in [-0.25, -0.2) is 8.78 Å². The Kier molecular flexibility index (Phi) is 3.73. The van der Waals surface area contributed by atoms with Crippen LogP contribution in [0, 0.1) is 18.6 Å². The van der Waals surface area contributed by atoms with Gasteiger partial charge in [0.25, 0.3) is 0 Å². The molecule has 1 fully saturated rings.